The highest BCUT2D eigenvalue weighted by atomic mass is 32.2. The second kappa shape index (κ2) is 8.58. The maximum Gasteiger partial charge on any atom is 0.348 e. The van der Waals surface area contributed by atoms with E-state index in [4.69, 9.17) is 9.47 Å². The number of ether oxygens (including phenoxy) is 2. The van der Waals surface area contributed by atoms with Crippen molar-refractivity contribution in [2.75, 3.05) is 30.6 Å². The molecule has 3 rings (SSSR count). The van der Waals surface area contributed by atoms with Gasteiger partial charge in [0.2, 0.25) is 10.0 Å². The molecule has 0 atom stereocenters. The van der Waals surface area contributed by atoms with Crippen LogP contribution in [0.25, 0.3) is 10.9 Å². The second-order valence-corrected chi connectivity index (χ2v) is 8.36. The largest absolute Gasteiger partial charge is 0.497 e. The molecule has 0 aliphatic rings. The van der Waals surface area contributed by atoms with E-state index >= 15 is 0 Å². The molecule has 0 saturated carbocycles. The lowest BCUT2D eigenvalue weighted by Gasteiger charge is -2.13. The highest BCUT2D eigenvalue weighted by Gasteiger charge is 2.20. The summed E-state index contributed by atoms with van der Waals surface area (Å²) in [7, 11) is -0.974. The third-order valence-electron chi connectivity index (χ3n) is 4.43. The number of aromatic nitrogens is 2. The van der Waals surface area contributed by atoms with Crippen molar-refractivity contribution < 1.29 is 22.8 Å². The Bertz CT molecular complexity index is 1430. The number of fused-ring (bicyclic) bond motifs is 1. The molecule has 2 aromatic carbocycles. The van der Waals surface area contributed by atoms with Gasteiger partial charge in [-0.3, -0.25) is 14.9 Å². The Morgan fingerprint density at radius 1 is 1.16 bits per heavy atom. The normalized spacial score (nSPS) is 11.2. The van der Waals surface area contributed by atoms with Crippen LogP contribution in [0.2, 0.25) is 0 Å². The first-order valence-corrected chi connectivity index (χ1v) is 10.8. The summed E-state index contributed by atoms with van der Waals surface area (Å²) in [5.41, 5.74) is -1.96. The monoisotopic (exact) mass is 465 g/mol. The van der Waals surface area contributed by atoms with Crippen molar-refractivity contribution in [1.29, 1.82) is 0 Å². The predicted octanol–water partition coefficient (Wildman–Crippen LogP) is 0.730. The molecule has 170 valence electrons. The first-order valence-electron chi connectivity index (χ1n) is 8.94. The van der Waals surface area contributed by atoms with Gasteiger partial charge in [0, 0.05) is 24.2 Å². The Hall–Kier alpha value is -4.07. The molecule has 0 aliphatic carbocycles. The van der Waals surface area contributed by atoms with E-state index in [9.17, 15) is 28.1 Å². The number of sulfonamides is 1. The first kappa shape index (κ1) is 22.6. The van der Waals surface area contributed by atoms with Crippen molar-refractivity contribution in [3.8, 4) is 11.5 Å². The third-order valence-corrected chi connectivity index (χ3v) is 4.95. The number of rotatable bonds is 8. The summed E-state index contributed by atoms with van der Waals surface area (Å²) in [6.07, 6.45) is 0.772. The number of benzene rings is 2. The third kappa shape index (κ3) is 4.64. The molecule has 3 aromatic rings. The van der Waals surface area contributed by atoms with Crippen LogP contribution in [0, 0.1) is 10.1 Å². The molecule has 0 unspecified atom stereocenters. The average molecular weight is 465 g/mol. The Balaban J connectivity index is 2.09. The Morgan fingerprint density at radius 2 is 1.88 bits per heavy atom. The van der Waals surface area contributed by atoms with Crippen molar-refractivity contribution >= 4 is 32.3 Å². The fourth-order valence-corrected chi connectivity index (χ4v) is 3.48. The van der Waals surface area contributed by atoms with Gasteiger partial charge in [0.25, 0.3) is 11.2 Å². The molecule has 1 aromatic heterocycles. The molecule has 0 radical (unpaired) electrons. The van der Waals surface area contributed by atoms with E-state index in [1.807, 2.05) is 0 Å². The number of methoxy groups -OCH3 is 2. The van der Waals surface area contributed by atoms with Gasteiger partial charge in [-0.15, -0.1) is 0 Å². The van der Waals surface area contributed by atoms with E-state index in [2.05, 4.69) is 10.3 Å². The van der Waals surface area contributed by atoms with Crippen molar-refractivity contribution in [2.45, 2.75) is 6.54 Å². The molecular weight excluding hydrogens is 446 g/mol. The fourth-order valence-electron chi connectivity index (χ4n) is 2.98. The van der Waals surface area contributed by atoms with Gasteiger partial charge in [-0.2, -0.15) is 4.68 Å². The molecule has 0 saturated heterocycles. The number of H-pyrrole nitrogens is 1. The van der Waals surface area contributed by atoms with E-state index in [1.54, 1.807) is 23.0 Å². The molecule has 0 bridgehead atoms. The number of aromatic amines is 1. The van der Waals surface area contributed by atoms with Crippen LogP contribution in [0.1, 0.15) is 5.56 Å². The van der Waals surface area contributed by atoms with Crippen LogP contribution in [0.5, 0.6) is 11.5 Å². The Kier molecular flexibility index (Phi) is 6.06. The van der Waals surface area contributed by atoms with Crippen LogP contribution in [-0.2, 0) is 16.6 Å². The summed E-state index contributed by atoms with van der Waals surface area (Å²) in [5, 5.41) is 14.3. The minimum Gasteiger partial charge on any atom is -0.497 e. The molecular formula is C18H19N5O8S. The number of nitro groups is 1. The molecule has 3 N–H and O–H groups in total. The lowest BCUT2D eigenvalue weighted by molar-refractivity contribution is -0.383. The smallest absolute Gasteiger partial charge is 0.348 e. The minimum atomic E-state index is -3.94. The van der Waals surface area contributed by atoms with Crippen molar-refractivity contribution in [1.82, 2.24) is 9.66 Å². The molecule has 0 spiro atoms. The maximum atomic E-state index is 12.7. The zero-order chi connectivity index (χ0) is 23.6. The van der Waals surface area contributed by atoms with Crippen LogP contribution in [0.15, 0.2) is 39.9 Å². The summed E-state index contributed by atoms with van der Waals surface area (Å²) in [6.45, 7) is 0.0959. The van der Waals surface area contributed by atoms with Gasteiger partial charge in [0.05, 0.1) is 36.3 Å². The van der Waals surface area contributed by atoms with Crippen LogP contribution in [0.4, 0.5) is 11.4 Å². The molecule has 0 fully saturated rings. The predicted molar refractivity (Wildman–Crippen MR) is 117 cm³/mol. The van der Waals surface area contributed by atoms with Gasteiger partial charge in [0.1, 0.15) is 17.2 Å². The molecule has 14 heteroatoms. The maximum absolute atomic E-state index is 12.7. The Labute approximate surface area is 180 Å². The van der Waals surface area contributed by atoms with Gasteiger partial charge in [-0.1, -0.05) is 0 Å². The molecule has 32 heavy (non-hydrogen) atoms. The number of nitrogens with one attached hydrogen (secondary N) is 3. The fraction of sp³-hybridized carbons (Fsp3) is 0.222. The molecule has 0 aliphatic heterocycles. The number of hydrogen-bond donors (Lipinski definition) is 3. The summed E-state index contributed by atoms with van der Waals surface area (Å²) in [6, 6.07) is 7.23. The lowest BCUT2D eigenvalue weighted by Crippen LogP contribution is -2.43. The number of nitrogens with zero attached hydrogens (tertiary/aromatic N) is 2. The van der Waals surface area contributed by atoms with Gasteiger partial charge >= 0.3 is 5.69 Å². The minimum absolute atomic E-state index is 0.0181. The molecule has 0 amide bonds. The summed E-state index contributed by atoms with van der Waals surface area (Å²) in [5.74, 6) is 1.04. The van der Waals surface area contributed by atoms with Crippen molar-refractivity contribution in [3.63, 3.8) is 0 Å². The van der Waals surface area contributed by atoms with Crippen molar-refractivity contribution in [3.05, 3.63) is 66.8 Å². The van der Waals surface area contributed by atoms with Crippen molar-refractivity contribution in [2.24, 2.45) is 0 Å². The first-order chi connectivity index (χ1) is 15.0. The zero-order valence-electron chi connectivity index (χ0n) is 17.2. The second-order valence-electron chi connectivity index (χ2n) is 6.64. The van der Waals surface area contributed by atoms with Crippen LogP contribution >= 0.6 is 0 Å². The van der Waals surface area contributed by atoms with E-state index in [0.29, 0.717) is 17.1 Å². The summed E-state index contributed by atoms with van der Waals surface area (Å²) in [4.78, 5) is 39.7. The zero-order valence-corrected chi connectivity index (χ0v) is 18.0. The quantitative estimate of drug-likeness (QED) is 0.320. The standard InChI is InChI=1S/C18H19N5O8S/c1-30-11-5-4-10(16(6-11)31-2)9-19-14-7-12-13(8-15(14)23(26)27)20-18(25)22(17(12)24)21-32(3,28)29/h4-8,19,21H,9H2,1-3H3,(H,20,25). The number of hydrogen-bond acceptors (Lipinski definition) is 9. The van der Waals surface area contributed by atoms with E-state index in [-0.39, 0.29) is 27.8 Å². The summed E-state index contributed by atoms with van der Waals surface area (Å²) >= 11 is 0. The van der Waals surface area contributed by atoms with Gasteiger partial charge in [-0.25, -0.2) is 18.0 Å². The van der Waals surface area contributed by atoms with Crippen LogP contribution in [-0.4, -0.2) is 43.5 Å². The summed E-state index contributed by atoms with van der Waals surface area (Å²) < 4.78 is 33.7. The highest BCUT2D eigenvalue weighted by Crippen LogP contribution is 2.30. The lowest BCUT2D eigenvalue weighted by atomic mass is 10.1. The van der Waals surface area contributed by atoms with E-state index in [0.717, 1.165) is 12.3 Å². The average Bonchev–Trinajstić information content (AvgIpc) is 2.74. The van der Waals surface area contributed by atoms with E-state index < -0.39 is 31.9 Å². The van der Waals surface area contributed by atoms with Gasteiger partial charge in [0.15, 0.2) is 0 Å². The van der Waals surface area contributed by atoms with Gasteiger partial charge < -0.3 is 19.8 Å². The number of nitro benzene ring substituents is 1. The van der Waals surface area contributed by atoms with E-state index in [1.165, 1.54) is 20.3 Å². The van der Waals surface area contributed by atoms with Crippen LogP contribution < -0.4 is 30.9 Å². The Morgan fingerprint density at radius 3 is 2.47 bits per heavy atom. The topological polar surface area (TPSA) is 175 Å². The highest BCUT2D eigenvalue weighted by molar-refractivity contribution is 7.91. The molecule has 1 heterocycles. The molecule has 13 nitrogen and oxygen atoms in total. The van der Waals surface area contributed by atoms with Gasteiger partial charge in [-0.05, 0) is 18.2 Å². The van der Waals surface area contributed by atoms with Crippen LogP contribution in [0.3, 0.4) is 0 Å². The number of anilines is 1. The SMILES string of the molecule is COc1ccc(CNc2cc3c(=O)n(NS(C)(=O)=O)c(=O)[nH]c3cc2[N+](=O)[O-])c(OC)c1.